The Bertz CT molecular complexity index is 342. The molecule has 2 fully saturated rings. The van der Waals surface area contributed by atoms with E-state index in [1.54, 1.807) is 4.90 Å². The van der Waals surface area contributed by atoms with Crippen LogP contribution in [0.4, 0.5) is 4.79 Å². The van der Waals surface area contributed by atoms with Crippen LogP contribution >= 0.6 is 0 Å². The molecule has 0 bridgehead atoms. The van der Waals surface area contributed by atoms with Crippen molar-refractivity contribution in [2.75, 3.05) is 19.6 Å². The summed E-state index contributed by atoms with van der Waals surface area (Å²) in [5.41, 5.74) is 0. The largest absolute Gasteiger partial charge is 0.481 e. The fourth-order valence-electron chi connectivity index (χ4n) is 2.83. The number of carboxylic acid groups (broad SMARTS) is 1. The minimum atomic E-state index is -0.811. The van der Waals surface area contributed by atoms with Crippen LogP contribution in [-0.4, -0.2) is 52.6 Å². The summed E-state index contributed by atoms with van der Waals surface area (Å²) < 4.78 is 0. The summed E-state index contributed by atoms with van der Waals surface area (Å²) in [6.07, 6.45) is 5.23. The van der Waals surface area contributed by atoms with Gasteiger partial charge in [0.1, 0.15) is 0 Å². The van der Waals surface area contributed by atoms with E-state index in [1.165, 1.54) is 12.8 Å². The first-order valence-corrected chi connectivity index (χ1v) is 7.39. The number of hydrogen-bond acceptors (Lipinski definition) is 2. The van der Waals surface area contributed by atoms with Gasteiger partial charge in [0.05, 0.1) is 6.42 Å². The van der Waals surface area contributed by atoms with Crippen LogP contribution in [0.5, 0.6) is 0 Å². The molecule has 5 heteroatoms. The first kappa shape index (κ1) is 14.2. The zero-order chi connectivity index (χ0) is 13.8. The number of carbonyl (C=O) groups excluding carboxylic acids is 1. The quantitative estimate of drug-likeness (QED) is 0.803. The molecular weight excluding hydrogens is 244 g/mol. The van der Waals surface area contributed by atoms with Crippen LogP contribution in [0.1, 0.15) is 45.4 Å². The molecule has 1 unspecified atom stereocenters. The molecule has 19 heavy (non-hydrogen) atoms. The standard InChI is InChI=1S/C14H24N2O3/c1-2-7-15(10-11-5-6-11)14(19)16-8-3-4-12(16)9-13(17)18/h11-12H,2-10H2,1H3,(H,17,18). The Kier molecular flexibility index (Phi) is 4.66. The van der Waals surface area contributed by atoms with Crippen LogP contribution in [-0.2, 0) is 4.79 Å². The number of urea groups is 1. The van der Waals surface area contributed by atoms with Gasteiger partial charge < -0.3 is 14.9 Å². The van der Waals surface area contributed by atoms with Gasteiger partial charge in [0.2, 0.25) is 0 Å². The average Bonchev–Trinajstić information content (AvgIpc) is 3.05. The van der Waals surface area contributed by atoms with Crippen molar-refractivity contribution in [2.45, 2.75) is 51.5 Å². The van der Waals surface area contributed by atoms with Gasteiger partial charge >= 0.3 is 12.0 Å². The maximum atomic E-state index is 12.5. The van der Waals surface area contributed by atoms with Crippen LogP contribution in [0, 0.1) is 5.92 Å². The van der Waals surface area contributed by atoms with Gasteiger partial charge in [-0.1, -0.05) is 6.92 Å². The number of nitrogens with zero attached hydrogens (tertiary/aromatic N) is 2. The van der Waals surface area contributed by atoms with Gasteiger partial charge in [-0.05, 0) is 38.0 Å². The maximum Gasteiger partial charge on any atom is 0.320 e. The lowest BCUT2D eigenvalue weighted by Gasteiger charge is -2.31. The zero-order valence-electron chi connectivity index (χ0n) is 11.7. The third-order valence-electron chi connectivity index (χ3n) is 3.97. The lowest BCUT2D eigenvalue weighted by atomic mass is 10.1. The van der Waals surface area contributed by atoms with E-state index in [-0.39, 0.29) is 18.5 Å². The zero-order valence-corrected chi connectivity index (χ0v) is 11.7. The van der Waals surface area contributed by atoms with E-state index in [9.17, 15) is 9.59 Å². The normalized spacial score (nSPS) is 22.6. The number of amides is 2. The highest BCUT2D eigenvalue weighted by Crippen LogP contribution is 2.31. The fourth-order valence-corrected chi connectivity index (χ4v) is 2.83. The molecular formula is C14H24N2O3. The number of aliphatic carboxylic acids is 1. The second kappa shape index (κ2) is 6.26. The smallest absolute Gasteiger partial charge is 0.320 e. The molecule has 1 saturated heterocycles. The molecule has 0 aromatic rings. The van der Waals surface area contributed by atoms with Crippen LogP contribution in [0.2, 0.25) is 0 Å². The first-order valence-electron chi connectivity index (χ1n) is 7.39. The summed E-state index contributed by atoms with van der Waals surface area (Å²) in [7, 11) is 0. The minimum absolute atomic E-state index is 0.0532. The molecule has 1 aliphatic carbocycles. The Hall–Kier alpha value is -1.26. The lowest BCUT2D eigenvalue weighted by Crippen LogP contribution is -2.47. The van der Waals surface area contributed by atoms with E-state index in [0.29, 0.717) is 12.5 Å². The van der Waals surface area contributed by atoms with Gasteiger partial charge in [0, 0.05) is 25.7 Å². The minimum Gasteiger partial charge on any atom is -0.481 e. The van der Waals surface area contributed by atoms with Crippen molar-refractivity contribution in [2.24, 2.45) is 5.92 Å². The third-order valence-corrected chi connectivity index (χ3v) is 3.97. The predicted molar refractivity (Wildman–Crippen MR) is 72.0 cm³/mol. The molecule has 2 rings (SSSR count). The topological polar surface area (TPSA) is 60.9 Å². The summed E-state index contributed by atoms with van der Waals surface area (Å²) >= 11 is 0. The Morgan fingerprint density at radius 3 is 2.63 bits per heavy atom. The van der Waals surface area contributed by atoms with Crippen molar-refractivity contribution in [1.82, 2.24) is 9.80 Å². The van der Waals surface area contributed by atoms with Crippen LogP contribution in [0.25, 0.3) is 0 Å². The summed E-state index contributed by atoms with van der Waals surface area (Å²) in [4.78, 5) is 27.1. The van der Waals surface area contributed by atoms with Gasteiger partial charge in [-0.15, -0.1) is 0 Å². The Labute approximate surface area is 114 Å². The molecule has 0 aromatic heterocycles. The van der Waals surface area contributed by atoms with Crippen molar-refractivity contribution in [3.63, 3.8) is 0 Å². The number of hydrogen-bond donors (Lipinski definition) is 1. The maximum absolute atomic E-state index is 12.5. The molecule has 2 aliphatic rings. The molecule has 5 nitrogen and oxygen atoms in total. The summed E-state index contributed by atoms with van der Waals surface area (Å²) in [6.45, 7) is 4.42. The highest BCUT2D eigenvalue weighted by Gasteiger charge is 2.34. The van der Waals surface area contributed by atoms with E-state index in [0.717, 1.165) is 32.4 Å². The summed E-state index contributed by atoms with van der Waals surface area (Å²) in [6, 6.07) is -0.0546. The summed E-state index contributed by atoms with van der Waals surface area (Å²) in [5, 5.41) is 8.92. The SMILES string of the molecule is CCCN(CC1CC1)C(=O)N1CCCC1CC(=O)O. The number of carbonyl (C=O) groups is 2. The predicted octanol–water partition coefficient (Wildman–Crippen LogP) is 2.17. The number of rotatable bonds is 6. The Morgan fingerprint density at radius 2 is 2.05 bits per heavy atom. The van der Waals surface area contributed by atoms with E-state index >= 15 is 0 Å². The van der Waals surface area contributed by atoms with Crippen molar-refractivity contribution in [1.29, 1.82) is 0 Å². The third kappa shape index (κ3) is 3.85. The van der Waals surface area contributed by atoms with E-state index in [2.05, 4.69) is 6.92 Å². The van der Waals surface area contributed by atoms with Gasteiger partial charge in [-0.25, -0.2) is 4.79 Å². The second-order valence-corrected chi connectivity index (χ2v) is 5.76. The molecule has 2 amide bonds. The van der Waals surface area contributed by atoms with Gasteiger partial charge in [-0.2, -0.15) is 0 Å². The van der Waals surface area contributed by atoms with E-state index in [1.807, 2.05) is 4.90 Å². The van der Waals surface area contributed by atoms with Crippen molar-refractivity contribution in [3.8, 4) is 0 Å². The molecule has 1 N–H and O–H groups in total. The molecule has 1 aliphatic heterocycles. The van der Waals surface area contributed by atoms with Crippen molar-refractivity contribution < 1.29 is 14.7 Å². The Morgan fingerprint density at radius 1 is 1.32 bits per heavy atom. The fraction of sp³-hybridized carbons (Fsp3) is 0.857. The molecule has 0 radical (unpaired) electrons. The molecule has 1 heterocycles. The lowest BCUT2D eigenvalue weighted by molar-refractivity contribution is -0.138. The summed E-state index contributed by atoms with van der Waals surface area (Å²) in [5.74, 6) is -0.134. The van der Waals surface area contributed by atoms with Gasteiger partial charge in [0.25, 0.3) is 0 Å². The van der Waals surface area contributed by atoms with Crippen molar-refractivity contribution >= 4 is 12.0 Å². The number of carboxylic acids is 1. The first-order chi connectivity index (χ1) is 9.11. The van der Waals surface area contributed by atoms with E-state index < -0.39 is 5.97 Å². The molecule has 0 spiro atoms. The van der Waals surface area contributed by atoms with Gasteiger partial charge in [0.15, 0.2) is 0 Å². The van der Waals surface area contributed by atoms with Crippen LogP contribution in [0.3, 0.4) is 0 Å². The monoisotopic (exact) mass is 268 g/mol. The van der Waals surface area contributed by atoms with E-state index in [4.69, 9.17) is 5.11 Å². The van der Waals surface area contributed by atoms with Gasteiger partial charge in [-0.3, -0.25) is 4.79 Å². The number of likely N-dealkylation sites (tertiary alicyclic amines) is 1. The highest BCUT2D eigenvalue weighted by atomic mass is 16.4. The average molecular weight is 268 g/mol. The van der Waals surface area contributed by atoms with Crippen LogP contribution in [0.15, 0.2) is 0 Å². The second-order valence-electron chi connectivity index (χ2n) is 5.76. The highest BCUT2D eigenvalue weighted by molar-refractivity contribution is 5.76. The molecule has 1 atom stereocenters. The van der Waals surface area contributed by atoms with Crippen molar-refractivity contribution in [3.05, 3.63) is 0 Å². The molecule has 1 saturated carbocycles. The van der Waals surface area contributed by atoms with Crippen LogP contribution < -0.4 is 0 Å². The molecule has 0 aromatic carbocycles. The molecule has 108 valence electrons. The Balaban J connectivity index is 1.95.